The molecule has 4 saturated carbocycles. The summed E-state index contributed by atoms with van der Waals surface area (Å²) >= 11 is 0. The number of hydrogen-bond acceptors (Lipinski definition) is 4. The summed E-state index contributed by atoms with van der Waals surface area (Å²) in [5.74, 6) is 1.39. The molecule has 4 rings (SSSR count). The summed E-state index contributed by atoms with van der Waals surface area (Å²) in [6, 6.07) is 0. The van der Waals surface area contributed by atoms with E-state index in [2.05, 4.69) is 20.8 Å². The number of esters is 2. The molecule has 0 radical (unpaired) electrons. The highest BCUT2D eigenvalue weighted by Gasteiger charge is 2.43. The van der Waals surface area contributed by atoms with Crippen LogP contribution in [-0.4, -0.2) is 24.1 Å². The van der Waals surface area contributed by atoms with E-state index in [4.69, 9.17) is 9.47 Å². The fourth-order valence-corrected chi connectivity index (χ4v) is 7.38. The Kier molecular flexibility index (Phi) is 12.3. The third-order valence-electron chi connectivity index (χ3n) is 10.1. The third-order valence-corrected chi connectivity index (χ3v) is 10.1. The van der Waals surface area contributed by atoms with Crippen molar-refractivity contribution in [3.8, 4) is 0 Å². The standard InChI is InChI=1S/C31H52O4.C2H6/c1-22-14-16-25(17-15-22)29(32)34-27(23-10-6-4-7-11-23)28(24-12-8-5-9-13-24)35-30(33)26-18-20-31(2,3)21-19-26;1-2/h22-28H,4-21H2,1-3H3;1-2H3/t22?,25?,27-,28-;/m1./s1. The summed E-state index contributed by atoms with van der Waals surface area (Å²) in [4.78, 5) is 27.0. The Labute approximate surface area is 228 Å². The van der Waals surface area contributed by atoms with Crippen molar-refractivity contribution in [2.45, 2.75) is 162 Å². The van der Waals surface area contributed by atoms with Gasteiger partial charge in [-0.25, -0.2) is 0 Å². The van der Waals surface area contributed by atoms with E-state index >= 15 is 0 Å². The molecule has 4 fully saturated rings. The predicted octanol–water partition coefficient (Wildman–Crippen LogP) is 9.04. The van der Waals surface area contributed by atoms with Crippen LogP contribution in [0.4, 0.5) is 0 Å². The summed E-state index contributed by atoms with van der Waals surface area (Å²) in [5.41, 5.74) is 0.331. The maximum absolute atomic E-state index is 13.5. The summed E-state index contributed by atoms with van der Waals surface area (Å²) in [7, 11) is 0. The summed E-state index contributed by atoms with van der Waals surface area (Å²) in [5, 5.41) is 0. The van der Waals surface area contributed by atoms with E-state index in [1.165, 1.54) is 38.5 Å². The maximum atomic E-state index is 13.5. The average Bonchev–Trinajstić information content (AvgIpc) is 2.93. The van der Waals surface area contributed by atoms with Crippen LogP contribution in [0.3, 0.4) is 0 Å². The molecule has 37 heavy (non-hydrogen) atoms. The molecule has 0 unspecified atom stereocenters. The van der Waals surface area contributed by atoms with Gasteiger partial charge in [-0.1, -0.05) is 73.1 Å². The minimum atomic E-state index is -0.257. The Morgan fingerprint density at radius 1 is 0.595 bits per heavy atom. The third kappa shape index (κ3) is 8.99. The lowest BCUT2D eigenvalue weighted by molar-refractivity contribution is -0.187. The van der Waals surface area contributed by atoms with Crippen molar-refractivity contribution in [1.29, 1.82) is 0 Å². The van der Waals surface area contributed by atoms with Crippen molar-refractivity contribution in [1.82, 2.24) is 0 Å². The Balaban J connectivity index is 0.00000186. The number of ether oxygens (including phenoxy) is 2. The predicted molar refractivity (Wildman–Crippen MR) is 151 cm³/mol. The second kappa shape index (κ2) is 14.9. The first kappa shape index (κ1) is 30.5. The van der Waals surface area contributed by atoms with E-state index in [1.807, 2.05) is 13.8 Å². The van der Waals surface area contributed by atoms with E-state index in [-0.39, 0.29) is 36.0 Å². The number of carbonyl (C=O) groups excluding carboxylic acids is 2. The lowest BCUT2D eigenvalue weighted by Gasteiger charge is -2.41. The summed E-state index contributed by atoms with van der Waals surface area (Å²) < 4.78 is 13.0. The molecule has 4 aliphatic carbocycles. The molecular weight excluding hydrogens is 460 g/mol. The van der Waals surface area contributed by atoms with Crippen molar-refractivity contribution in [3.05, 3.63) is 0 Å². The largest absolute Gasteiger partial charge is 0.458 e. The zero-order valence-electron chi connectivity index (χ0n) is 24.9. The highest BCUT2D eigenvalue weighted by Crippen LogP contribution is 2.41. The SMILES string of the molecule is CC.CC1CCC(C(=O)O[C@H](C2CCCCC2)[C@H](OC(=O)C2CCC(C)(C)CC2)C2CCCCC2)CC1. The molecule has 2 atom stereocenters. The van der Waals surface area contributed by atoms with E-state index < -0.39 is 0 Å². The Hall–Kier alpha value is -1.06. The summed E-state index contributed by atoms with van der Waals surface area (Å²) in [6.45, 7) is 10.9. The zero-order chi connectivity index (χ0) is 26.8. The molecule has 0 aromatic heterocycles. The molecule has 0 bridgehead atoms. The molecule has 0 aliphatic heterocycles. The van der Waals surface area contributed by atoms with Crippen LogP contribution in [0.25, 0.3) is 0 Å². The van der Waals surface area contributed by atoms with E-state index in [1.54, 1.807) is 0 Å². The Morgan fingerprint density at radius 2 is 0.973 bits per heavy atom. The van der Waals surface area contributed by atoms with Gasteiger partial charge in [-0.05, 0) is 100 Å². The van der Waals surface area contributed by atoms with Crippen LogP contribution in [0.2, 0.25) is 0 Å². The van der Waals surface area contributed by atoms with Crippen LogP contribution in [-0.2, 0) is 19.1 Å². The average molecular weight is 519 g/mol. The molecule has 0 amide bonds. The molecule has 4 aliphatic rings. The smallest absolute Gasteiger partial charge is 0.309 e. The minimum absolute atomic E-state index is 0.0104. The van der Waals surface area contributed by atoms with Crippen LogP contribution < -0.4 is 0 Å². The van der Waals surface area contributed by atoms with Crippen LogP contribution in [0.5, 0.6) is 0 Å². The van der Waals surface area contributed by atoms with Crippen molar-refractivity contribution in [2.75, 3.05) is 0 Å². The number of hydrogen-bond donors (Lipinski definition) is 0. The molecule has 0 aromatic carbocycles. The molecule has 0 aromatic rings. The normalized spacial score (nSPS) is 29.3. The van der Waals surface area contributed by atoms with Gasteiger partial charge in [-0.15, -0.1) is 0 Å². The molecule has 0 heterocycles. The maximum Gasteiger partial charge on any atom is 0.309 e. The van der Waals surface area contributed by atoms with Gasteiger partial charge < -0.3 is 9.47 Å². The molecule has 0 spiro atoms. The lowest BCUT2D eigenvalue weighted by Crippen LogP contribution is -2.47. The fourth-order valence-electron chi connectivity index (χ4n) is 7.38. The molecular formula is C33H58O4. The van der Waals surface area contributed by atoms with Crippen LogP contribution >= 0.6 is 0 Å². The first-order valence-corrected chi connectivity index (χ1v) is 16.2. The van der Waals surface area contributed by atoms with E-state index in [0.717, 1.165) is 77.0 Å². The molecule has 0 saturated heterocycles. The minimum Gasteiger partial charge on any atom is -0.458 e. The van der Waals surface area contributed by atoms with Gasteiger partial charge in [0.25, 0.3) is 0 Å². The van der Waals surface area contributed by atoms with Crippen LogP contribution in [0.1, 0.15) is 150 Å². The second-order valence-corrected chi connectivity index (χ2v) is 13.5. The van der Waals surface area contributed by atoms with Gasteiger partial charge in [0, 0.05) is 0 Å². The molecule has 214 valence electrons. The van der Waals surface area contributed by atoms with Gasteiger partial charge >= 0.3 is 11.9 Å². The zero-order valence-corrected chi connectivity index (χ0v) is 24.9. The molecule has 0 N–H and O–H groups in total. The van der Waals surface area contributed by atoms with E-state index in [0.29, 0.717) is 23.2 Å². The highest BCUT2D eigenvalue weighted by atomic mass is 16.6. The molecule has 4 heteroatoms. The Morgan fingerprint density at radius 3 is 1.38 bits per heavy atom. The monoisotopic (exact) mass is 518 g/mol. The fraction of sp³-hybridized carbons (Fsp3) is 0.939. The van der Waals surface area contributed by atoms with E-state index in [9.17, 15) is 9.59 Å². The van der Waals surface area contributed by atoms with Gasteiger partial charge in [-0.3, -0.25) is 9.59 Å². The first-order valence-electron chi connectivity index (χ1n) is 16.2. The van der Waals surface area contributed by atoms with Crippen molar-refractivity contribution in [3.63, 3.8) is 0 Å². The highest BCUT2D eigenvalue weighted by molar-refractivity contribution is 5.74. The van der Waals surface area contributed by atoms with Gasteiger partial charge in [0.1, 0.15) is 12.2 Å². The van der Waals surface area contributed by atoms with Crippen LogP contribution in [0.15, 0.2) is 0 Å². The Bertz CT molecular complexity index is 670. The van der Waals surface area contributed by atoms with Crippen molar-refractivity contribution < 1.29 is 19.1 Å². The topological polar surface area (TPSA) is 52.6 Å². The molecule has 4 nitrogen and oxygen atoms in total. The van der Waals surface area contributed by atoms with Crippen LogP contribution in [0, 0.1) is 35.0 Å². The van der Waals surface area contributed by atoms with Gasteiger partial charge in [-0.2, -0.15) is 0 Å². The quantitative estimate of drug-likeness (QED) is 0.315. The van der Waals surface area contributed by atoms with Crippen molar-refractivity contribution in [2.24, 2.45) is 35.0 Å². The number of rotatable bonds is 7. The first-order chi connectivity index (χ1) is 17.8. The van der Waals surface area contributed by atoms with Gasteiger partial charge in [0.2, 0.25) is 0 Å². The second-order valence-electron chi connectivity index (χ2n) is 13.5. The van der Waals surface area contributed by atoms with Gasteiger partial charge in [0.05, 0.1) is 11.8 Å². The van der Waals surface area contributed by atoms with Gasteiger partial charge in [0.15, 0.2) is 0 Å². The lowest BCUT2D eigenvalue weighted by atomic mass is 9.73. The van der Waals surface area contributed by atoms with Crippen molar-refractivity contribution >= 4 is 11.9 Å². The number of carbonyl (C=O) groups is 2. The summed E-state index contributed by atoms with van der Waals surface area (Å²) in [6.07, 6.45) is 19.3.